The molecule has 0 aromatic heterocycles. The van der Waals surface area contributed by atoms with Gasteiger partial charge in [-0.15, -0.1) is 11.8 Å². The molecule has 2 amide bonds. The highest BCUT2D eigenvalue weighted by molar-refractivity contribution is 7.99. The molecule has 0 saturated heterocycles. The van der Waals surface area contributed by atoms with Gasteiger partial charge in [0.15, 0.2) is 0 Å². The van der Waals surface area contributed by atoms with E-state index >= 15 is 0 Å². The zero-order valence-electron chi connectivity index (χ0n) is 17.8. The lowest BCUT2D eigenvalue weighted by atomic mass is 10.1. The van der Waals surface area contributed by atoms with Crippen molar-refractivity contribution in [2.24, 2.45) is 0 Å². The Morgan fingerprint density at radius 1 is 1.10 bits per heavy atom. The molecule has 2 rings (SSSR count). The van der Waals surface area contributed by atoms with Crippen molar-refractivity contribution in [1.29, 1.82) is 0 Å². The van der Waals surface area contributed by atoms with Crippen LogP contribution in [0.3, 0.4) is 0 Å². The standard InChI is InChI=1S/C24H31ClN2O2S/c1-3-4-15-26-24(29)19(2)27(16-14-20-10-6-5-7-11-20)23(28)18-30-17-21-12-8-9-13-22(21)25/h5-13,19H,3-4,14-18H2,1-2H3,(H,26,29)/t19-/m0/s1. The van der Waals surface area contributed by atoms with Crippen molar-refractivity contribution < 1.29 is 9.59 Å². The Labute approximate surface area is 189 Å². The average Bonchev–Trinajstić information content (AvgIpc) is 2.76. The van der Waals surface area contributed by atoms with Gasteiger partial charge >= 0.3 is 0 Å². The second-order valence-corrected chi connectivity index (χ2v) is 8.62. The first kappa shape index (κ1) is 24.3. The van der Waals surface area contributed by atoms with Crippen LogP contribution in [0.15, 0.2) is 54.6 Å². The third-order valence-corrected chi connectivity index (χ3v) is 6.26. The molecule has 0 unspecified atom stereocenters. The molecule has 1 N–H and O–H groups in total. The van der Waals surface area contributed by atoms with E-state index in [-0.39, 0.29) is 11.8 Å². The predicted molar refractivity (Wildman–Crippen MR) is 127 cm³/mol. The summed E-state index contributed by atoms with van der Waals surface area (Å²) in [6.07, 6.45) is 2.67. The largest absolute Gasteiger partial charge is 0.354 e. The van der Waals surface area contributed by atoms with E-state index in [9.17, 15) is 9.59 Å². The maximum absolute atomic E-state index is 13.0. The van der Waals surface area contributed by atoms with E-state index in [0.717, 1.165) is 24.0 Å². The van der Waals surface area contributed by atoms with Crippen LogP contribution in [0, 0.1) is 0 Å². The van der Waals surface area contributed by atoms with Crippen LogP contribution in [0.2, 0.25) is 5.02 Å². The minimum atomic E-state index is -0.501. The van der Waals surface area contributed by atoms with Gasteiger partial charge in [0.25, 0.3) is 0 Å². The molecule has 0 bridgehead atoms. The molecule has 0 radical (unpaired) electrons. The van der Waals surface area contributed by atoms with Crippen LogP contribution in [0.4, 0.5) is 0 Å². The lowest BCUT2D eigenvalue weighted by Crippen LogP contribution is -2.49. The first-order valence-electron chi connectivity index (χ1n) is 10.4. The second-order valence-electron chi connectivity index (χ2n) is 7.23. The highest BCUT2D eigenvalue weighted by Crippen LogP contribution is 2.21. The number of halogens is 1. The number of nitrogens with one attached hydrogen (secondary N) is 1. The molecular weight excluding hydrogens is 416 g/mol. The van der Waals surface area contributed by atoms with Gasteiger partial charge in [0.2, 0.25) is 11.8 Å². The Kier molecular flexibility index (Phi) is 10.8. The fraction of sp³-hybridized carbons (Fsp3) is 0.417. The molecule has 0 saturated carbocycles. The lowest BCUT2D eigenvalue weighted by molar-refractivity contribution is -0.137. The van der Waals surface area contributed by atoms with Gasteiger partial charge in [-0.3, -0.25) is 9.59 Å². The maximum atomic E-state index is 13.0. The minimum absolute atomic E-state index is 0.0267. The Balaban J connectivity index is 1.98. The SMILES string of the molecule is CCCCNC(=O)[C@H](C)N(CCc1ccccc1)C(=O)CSCc1ccccc1Cl. The van der Waals surface area contributed by atoms with Crippen molar-refractivity contribution in [1.82, 2.24) is 10.2 Å². The van der Waals surface area contributed by atoms with Crippen LogP contribution in [0.5, 0.6) is 0 Å². The molecule has 6 heteroatoms. The second kappa shape index (κ2) is 13.3. The molecule has 162 valence electrons. The van der Waals surface area contributed by atoms with E-state index in [0.29, 0.717) is 36.0 Å². The van der Waals surface area contributed by atoms with Crippen LogP contribution in [-0.2, 0) is 21.8 Å². The summed E-state index contributed by atoms with van der Waals surface area (Å²) in [5, 5.41) is 3.66. The third-order valence-electron chi connectivity index (χ3n) is 4.92. The summed E-state index contributed by atoms with van der Waals surface area (Å²) in [5.41, 5.74) is 2.16. The number of unbranched alkanes of at least 4 members (excludes halogenated alkanes) is 1. The molecule has 2 aromatic carbocycles. The number of benzene rings is 2. The average molecular weight is 447 g/mol. The Bertz CT molecular complexity index is 801. The first-order valence-corrected chi connectivity index (χ1v) is 12.0. The van der Waals surface area contributed by atoms with Gasteiger partial charge in [0, 0.05) is 23.9 Å². The van der Waals surface area contributed by atoms with E-state index in [2.05, 4.69) is 12.2 Å². The number of carbonyl (C=O) groups is 2. The summed E-state index contributed by atoms with van der Waals surface area (Å²) in [5.74, 6) is 0.851. The summed E-state index contributed by atoms with van der Waals surface area (Å²) in [6, 6.07) is 17.2. The number of hydrogen-bond donors (Lipinski definition) is 1. The first-order chi connectivity index (χ1) is 14.5. The molecule has 30 heavy (non-hydrogen) atoms. The summed E-state index contributed by atoms with van der Waals surface area (Å²) in [7, 11) is 0. The van der Waals surface area contributed by atoms with Gasteiger partial charge < -0.3 is 10.2 Å². The number of hydrogen-bond acceptors (Lipinski definition) is 3. The van der Waals surface area contributed by atoms with Gasteiger partial charge in [0.05, 0.1) is 5.75 Å². The highest BCUT2D eigenvalue weighted by Gasteiger charge is 2.25. The van der Waals surface area contributed by atoms with E-state index < -0.39 is 6.04 Å². The minimum Gasteiger partial charge on any atom is -0.354 e. The Morgan fingerprint density at radius 3 is 2.50 bits per heavy atom. The third kappa shape index (κ3) is 8.04. The van der Waals surface area contributed by atoms with Crippen molar-refractivity contribution in [2.75, 3.05) is 18.8 Å². The Morgan fingerprint density at radius 2 is 1.80 bits per heavy atom. The zero-order valence-corrected chi connectivity index (χ0v) is 19.3. The van der Waals surface area contributed by atoms with Crippen molar-refractivity contribution in [3.8, 4) is 0 Å². The quantitative estimate of drug-likeness (QED) is 0.469. The number of nitrogens with zero attached hydrogens (tertiary/aromatic N) is 1. The van der Waals surface area contributed by atoms with Gasteiger partial charge in [-0.2, -0.15) is 0 Å². The molecule has 0 aliphatic carbocycles. The Hall–Kier alpha value is -1.98. The van der Waals surface area contributed by atoms with Crippen molar-refractivity contribution in [3.05, 3.63) is 70.7 Å². The zero-order chi connectivity index (χ0) is 21.8. The summed E-state index contributed by atoms with van der Waals surface area (Å²) < 4.78 is 0. The summed E-state index contributed by atoms with van der Waals surface area (Å²) >= 11 is 7.73. The van der Waals surface area contributed by atoms with Gasteiger partial charge in [-0.25, -0.2) is 0 Å². The van der Waals surface area contributed by atoms with E-state index in [1.54, 1.807) is 4.90 Å². The predicted octanol–water partition coefficient (Wildman–Crippen LogP) is 4.95. The fourth-order valence-electron chi connectivity index (χ4n) is 3.05. The molecule has 0 aliphatic rings. The molecule has 0 fully saturated rings. The van der Waals surface area contributed by atoms with Crippen molar-refractivity contribution in [2.45, 2.75) is 44.9 Å². The number of thioether (sulfide) groups is 1. The lowest BCUT2D eigenvalue weighted by Gasteiger charge is -2.28. The van der Waals surface area contributed by atoms with Crippen LogP contribution in [0.1, 0.15) is 37.8 Å². The molecule has 0 spiro atoms. The van der Waals surface area contributed by atoms with Gasteiger partial charge in [0.1, 0.15) is 6.04 Å². The molecule has 2 aromatic rings. The fourth-order valence-corrected chi connectivity index (χ4v) is 4.25. The molecule has 0 heterocycles. The van der Waals surface area contributed by atoms with Crippen LogP contribution < -0.4 is 5.32 Å². The molecule has 1 atom stereocenters. The van der Waals surface area contributed by atoms with Crippen molar-refractivity contribution in [3.63, 3.8) is 0 Å². The van der Waals surface area contributed by atoms with Crippen LogP contribution in [0.25, 0.3) is 0 Å². The maximum Gasteiger partial charge on any atom is 0.242 e. The summed E-state index contributed by atoms with van der Waals surface area (Å²) in [4.78, 5) is 27.3. The smallest absolute Gasteiger partial charge is 0.242 e. The monoisotopic (exact) mass is 446 g/mol. The van der Waals surface area contributed by atoms with Crippen molar-refractivity contribution >= 4 is 35.2 Å². The number of carbonyl (C=O) groups excluding carboxylic acids is 2. The molecule has 4 nitrogen and oxygen atoms in total. The van der Waals surface area contributed by atoms with Crippen LogP contribution >= 0.6 is 23.4 Å². The molecule has 0 aliphatic heterocycles. The van der Waals surface area contributed by atoms with Gasteiger partial charge in [-0.1, -0.05) is 73.5 Å². The topological polar surface area (TPSA) is 49.4 Å². The normalized spacial score (nSPS) is 11.7. The highest BCUT2D eigenvalue weighted by atomic mass is 35.5. The van der Waals surface area contributed by atoms with E-state index in [4.69, 9.17) is 11.6 Å². The van der Waals surface area contributed by atoms with E-state index in [1.165, 1.54) is 11.8 Å². The number of rotatable bonds is 12. The van der Waals surface area contributed by atoms with E-state index in [1.807, 2.05) is 61.5 Å². The molecular formula is C24H31ClN2O2S. The van der Waals surface area contributed by atoms with Crippen LogP contribution in [-0.4, -0.2) is 41.6 Å². The summed E-state index contributed by atoms with van der Waals surface area (Å²) in [6.45, 7) is 5.05. The van der Waals surface area contributed by atoms with Gasteiger partial charge in [-0.05, 0) is 37.0 Å². The number of amides is 2.